The molecule has 0 bridgehead atoms. The number of carbonyl (C=O) groups is 1. The van der Waals surface area contributed by atoms with Gasteiger partial charge in [-0.3, -0.25) is 9.69 Å². The summed E-state index contributed by atoms with van der Waals surface area (Å²) >= 11 is 0. The number of benzene rings is 1. The number of carboxylic acid groups (broad SMARTS) is 1. The third kappa shape index (κ3) is 4.29. The summed E-state index contributed by atoms with van der Waals surface area (Å²) in [5.74, 6) is -0.864. The minimum Gasteiger partial charge on any atom is -0.480 e. The number of alkyl halides is 2. The highest BCUT2D eigenvalue weighted by Crippen LogP contribution is 2.17. The molecule has 0 spiro atoms. The zero-order chi connectivity index (χ0) is 13.7. The highest BCUT2D eigenvalue weighted by Gasteiger charge is 2.16. The topological polar surface area (TPSA) is 49.8 Å². The Hall–Kier alpha value is -1.69. The molecule has 1 N–H and O–H groups in total. The molecular weight excluding hydrogens is 244 g/mol. The lowest BCUT2D eigenvalue weighted by Crippen LogP contribution is -2.35. The number of hydrogen-bond donors (Lipinski definition) is 1. The monoisotopic (exact) mass is 259 g/mol. The van der Waals surface area contributed by atoms with Crippen LogP contribution in [0.5, 0.6) is 5.75 Å². The van der Waals surface area contributed by atoms with E-state index in [9.17, 15) is 13.6 Å². The summed E-state index contributed by atoms with van der Waals surface area (Å²) in [5.41, 5.74) is 0.712. The fraction of sp³-hybridized carbons (Fsp3) is 0.417. The fourth-order valence-corrected chi connectivity index (χ4v) is 1.43. The quantitative estimate of drug-likeness (QED) is 0.850. The molecule has 100 valence electrons. The van der Waals surface area contributed by atoms with Crippen molar-refractivity contribution in [3.8, 4) is 5.75 Å². The maximum Gasteiger partial charge on any atom is 0.387 e. The van der Waals surface area contributed by atoms with E-state index in [0.29, 0.717) is 12.1 Å². The molecule has 0 aromatic heterocycles. The van der Waals surface area contributed by atoms with Gasteiger partial charge in [0.2, 0.25) is 0 Å². The predicted octanol–water partition coefficient (Wildman–Crippen LogP) is 2.19. The molecule has 0 fully saturated rings. The molecule has 6 heteroatoms. The van der Waals surface area contributed by atoms with Crippen LogP contribution >= 0.6 is 0 Å². The van der Waals surface area contributed by atoms with Crippen molar-refractivity contribution >= 4 is 5.97 Å². The lowest BCUT2D eigenvalue weighted by atomic mass is 10.2. The Morgan fingerprint density at radius 2 is 2.17 bits per heavy atom. The van der Waals surface area contributed by atoms with Crippen LogP contribution in [0.15, 0.2) is 24.3 Å². The van der Waals surface area contributed by atoms with Crippen molar-refractivity contribution in [1.29, 1.82) is 0 Å². The van der Waals surface area contributed by atoms with Gasteiger partial charge in [-0.15, -0.1) is 0 Å². The van der Waals surface area contributed by atoms with E-state index in [0.717, 1.165) is 0 Å². The molecule has 4 nitrogen and oxygen atoms in total. The second-order valence-corrected chi connectivity index (χ2v) is 3.96. The van der Waals surface area contributed by atoms with Crippen LogP contribution in [0.25, 0.3) is 0 Å². The maximum absolute atomic E-state index is 12.0. The molecule has 0 aliphatic carbocycles. The van der Waals surface area contributed by atoms with Crippen molar-refractivity contribution in [3.05, 3.63) is 29.8 Å². The van der Waals surface area contributed by atoms with Gasteiger partial charge >= 0.3 is 12.6 Å². The van der Waals surface area contributed by atoms with E-state index in [1.165, 1.54) is 12.1 Å². The minimum atomic E-state index is -2.86. The van der Waals surface area contributed by atoms with E-state index in [4.69, 9.17) is 5.11 Å². The van der Waals surface area contributed by atoms with Crippen molar-refractivity contribution in [3.63, 3.8) is 0 Å². The van der Waals surface area contributed by atoms with Crippen LogP contribution in [0, 0.1) is 0 Å². The molecule has 0 aliphatic heterocycles. The Labute approximate surface area is 104 Å². The van der Waals surface area contributed by atoms with Gasteiger partial charge < -0.3 is 9.84 Å². The van der Waals surface area contributed by atoms with Crippen LogP contribution < -0.4 is 4.74 Å². The second-order valence-electron chi connectivity index (χ2n) is 3.96. The van der Waals surface area contributed by atoms with Gasteiger partial charge in [0.15, 0.2) is 0 Å². The van der Waals surface area contributed by atoms with Gasteiger partial charge in [-0.2, -0.15) is 8.78 Å². The molecule has 1 aromatic rings. The van der Waals surface area contributed by atoms with E-state index in [1.807, 2.05) is 0 Å². The third-order valence-corrected chi connectivity index (χ3v) is 2.57. The number of nitrogens with zero attached hydrogens (tertiary/aromatic N) is 1. The van der Waals surface area contributed by atoms with Crippen molar-refractivity contribution in [1.82, 2.24) is 4.90 Å². The minimum absolute atomic E-state index is 0.0684. The zero-order valence-corrected chi connectivity index (χ0v) is 10.1. The number of halogens is 2. The van der Waals surface area contributed by atoms with E-state index in [2.05, 4.69) is 4.74 Å². The van der Waals surface area contributed by atoms with Gasteiger partial charge in [-0.05, 0) is 31.7 Å². The van der Waals surface area contributed by atoms with Crippen molar-refractivity contribution in [2.45, 2.75) is 26.1 Å². The first-order chi connectivity index (χ1) is 8.40. The van der Waals surface area contributed by atoms with Crippen molar-refractivity contribution < 1.29 is 23.4 Å². The summed E-state index contributed by atoms with van der Waals surface area (Å²) in [5, 5.41) is 8.84. The Morgan fingerprint density at radius 1 is 1.50 bits per heavy atom. The number of hydrogen-bond acceptors (Lipinski definition) is 3. The second kappa shape index (κ2) is 6.30. The van der Waals surface area contributed by atoms with Gasteiger partial charge in [0.25, 0.3) is 0 Å². The van der Waals surface area contributed by atoms with Gasteiger partial charge in [0, 0.05) is 6.54 Å². The Balaban J connectivity index is 2.70. The summed E-state index contributed by atoms with van der Waals surface area (Å²) in [7, 11) is 1.65. The standard InChI is InChI=1S/C12H15F2NO3/c1-8(11(16)17)15(2)7-9-4-3-5-10(6-9)18-12(13)14/h3-6,8,12H,7H2,1-2H3,(H,16,17). The van der Waals surface area contributed by atoms with Crippen LogP contribution in [0.4, 0.5) is 8.78 Å². The van der Waals surface area contributed by atoms with E-state index in [1.54, 1.807) is 31.0 Å². The molecule has 0 amide bonds. The Kier molecular flexibility index (Phi) is 5.03. The van der Waals surface area contributed by atoms with Crippen LogP contribution in [0.1, 0.15) is 12.5 Å². The predicted molar refractivity (Wildman–Crippen MR) is 61.6 cm³/mol. The Morgan fingerprint density at radius 3 is 2.72 bits per heavy atom. The van der Waals surface area contributed by atoms with Crippen LogP contribution in [0.2, 0.25) is 0 Å². The first kappa shape index (κ1) is 14.4. The van der Waals surface area contributed by atoms with E-state index < -0.39 is 18.6 Å². The SMILES string of the molecule is CC(C(=O)O)N(C)Cc1cccc(OC(F)F)c1. The first-order valence-electron chi connectivity index (χ1n) is 5.37. The largest absolute Gasteiger partial charge is 0.480 e. The third-order valence-electron chi connectivity index (χ3n) is 2.57. The van der Waals surface area contributed by atoms with Crippen LogP contribution in [-0.4, -0.2) is 35.7 Å². The van der Waals surface area contributed by atoms with Gasteiger partial charge in [-0.1, -0.05) is 12.1 Å². The normalized spacial score (nSPS) is 12.8. The molecule has 1 rings (SSSR count). The fourth-order valence-electron chi connectivity index (χ4n) is 1.43. The Bertz CT molecular complexity index is 412. The van der Waals surface area contributed by atoms with Crippen molar-refractivity contribution in [2.24, 2.45) is 0 Å². The lowest BCUT2D eigenvalue weighted by Gasteiger charge is -2.21. The molecule has 18 heavy (non-hydrogen) atoms. The van der Waals surface area contributed by atoms with Crippen molar-refractivity contribution in [2.75, 3.05) is 7.05 Å². The first-order valence-corrected chi connectivity index (χ1v) is 5.37. The number of aliphatic carboxylic acids is 1. The molecule has 1 atom stereocenters. The van der Waals surface area contributed by atoms with Gasteiger partial charge in [0.1, 0.15) is 11.8 Å². The summed E-state index contributed by atoms with van der Waals surface area (Å²) in [6.07, 6.45) is 0. The smallest absolute Gasteiger partial charge is 0.387 e. The number of likely N-dealkylation sites (N-methyl/N-ethyl adjacent to an activating group) is 1. The highest BCUT2D eigenvalue weighted by molar-refractivity contribution is 5.72. The average Bonchev–Trinajstić information content (AvgIpc) is 2.27. The molecule has 1 aromatic carbocycles. The number of ether oxygens (including phenoxy) is 1. The summed E-state index contributed by atoms with van der Waals surface area (Å²) in [6.45, 7) is -0.966. The average molecular weight is 259 g/mol. The lowest BCUT2D eigenvalue weighted by molar-refractivity contribution is -0.142. The summed E-state index contributed by atoms with van der Waals surface area (Å²) < 4.78 is 28.4. The molecule has 0 radical (unpaired) electrons. The van der Waals surface area contributed by atoms with Crippen LogP contribution in [0.3, 0.4) is 0 Å². The van der Waals surface area contributed by atoms with E-state index in [-0.39, 0.29) is 5.75 Å². The molecule has 0 saturated carbocycles. The number of rotatable bonds is 6. The molecular formula is C12H15F2NO3. The summed E-state index contributed by atoms with van der Waals surface area (Å²) in [6, 6.07) is 5.56. The highest BCUT2D eigenvalue weighted by atomic mass is 19.3. The number of carboxylic acids is 1. The maximum atomic E-state index is 12.0. The van der Waals surface area contributed by atoms with Crippen LogP contribution in [-0.2, 0) is 11.3 Å². The molecule has 0 aliphatic rings. The molecule has 0 saturated heterocycles. The van der Waals surface area contributed by atoms with Gasteiger partial charge in [0.05, 0.1) is 0 Å². The molecule has 0 heterocycles. The molecule has 1 unspecified atom stereocenters. The van der Waals surface area contributed by atoms with E-state index >= 15 is 0 Å². The van der Waals surface area contributed by atoms with Gasteiger partial charge in [-0.25, -0.2) is 0 Å². The summed E-state index contributed by atoms with van der Waals surface area (Å²) in [4.78, 5) is 12.4. The zero-order valence-electron chi connectivity index (χ0n) is 10.1.